The van der Waals surface area contributed by atoms with Gasteiger partial charge in [-0.1, -0.05) is 29.8 Å². The fraction of sp³-hybridized carbons (Fsp3) is 0.250. The average molecular weight is 534 g/mol. The first-order valence-electron chi connectivity index (χ1n) is 12.1. The third-order valence-corrected chi connectivity index (χ3v) is 7.37. The normalized spacial score (nSPS) is 24.0. The standard InChI is InChI=1S/C28H25ClFN5O3/c29-19-5-7-20(8-6-19)33-27(38)35-15-21(36)12-25(35)26(37)34-24-11-17(4-9-23(24)30)22-13-28(22,32)18-3-1-2-16(10-18)14-31/h1-11,21-22,25,36H,12-13,15,32H2,(H,33,38)(H,34,37)/t21-,22?,25-,28?/m0/s1. The Bertz CT molecular complexity index is 1440. The molecule has 194 valence electrons. The zero-order chi connectivity index (χ0) is 27.0. The Morgan fingerprint density at radius 1 is 1.13 bits per heavy atom. The molecule has 3 aromatic carbocycles. The lowest BCUT2D eigenvalue weighted by molar-refractivity contribution is -0.119. The number of nitrogens with two attached hydrogens (primary N) is 1. The number of hydrogen-bond donors (Lipinski definition) is 4. The number of hydrogen-bond acceptors (Lipinski definition) is 5. The van der Waals surface area contributed by atoms with Crippen LogP contribution >= 0.6 is 11.6 Å². The van der Waals surface area contributed by atoms with Gasteiger partial charge in [0, 0.05) is 35.1 Å². The predicted octanol–water partition coefficient (Wildman–Crippen LogP) is 4.30. The van der Waals surface area contributed by atoms with Crippen molar-refractivity contribution in [2.45, 2.75) is 36.4 Å². The summed E-state index contributed by atoms with van der Waals surface area (Å²) in [6.07, 6.45) is -0.273. The Labute approximate surface area is 223 Å². The third kappa shape index (κ3) is 5.07. The van der Waals surface area contributed by atoms with Crippen molar-refractivity contribution in [3.05, 3.63) is 94.3 Å². The lowest BCUT2D eigenvalue weighted by atomic mass is 9.97. The molecule has 1 heterocycles. The van der Waals surface area contributed by atoms with Crippen LogP contribution in [0.5, 0.6) is 0 Å². The van der Waals surface area contributed by atoms with E-state index in [1.54, 1.807) is 54.6 Å². The molecule has 38 heavy (non-hydrogen) atoms. The summed E-state index contributed by atoms with van der Waals surface area (Å²) >= 11 is 5.88. The zero-order valence-electron chi connectivity index (χ0n) is 20.2. The van der Waals surface area contributed by atoms with Gasteiger partial charge in [0.25, 0.3) is 0 Å². The topological polar surface area (TPSA) is 131 Å². The molecular weight excluding hydrogens is 509 g/mol. The van der Waals surface area contributed by atoms with Gasteiger partial charge in [0.05, 0.1) is 23.4 Å². The van der Waals surface area contributed by atoms with E-state index in [1.807, 2.05) is 6.07 Å². The Hall–Kier alpha value is -3.97. The van der Waals surface area contributed by atoms with Gasteiger partial charge in [0.2, 0.25) is 5.91 Å². The van der Waals surface area contributed by atoms with Crippen LogP contribution in [-0.2, 0) is 10.3 Å². The summed E-state index contributed by atoms with van der Waals surface area (Å²) in [7, 11) is 0. The number of carbonyl (C=O) groups excluding carboxylic acids is 2. The minimum atomic E-state index is -0.997. The summed E-state index contributed by atoms with van der Waals surface area (Å²) in [5, 5.41) is 25.2. The van der Waals surface area contributed by atoms with Gasteiger partial charge >= 0.3 is 6.03 Å². The smallest absolute Gasteiger partial charge is 0.322 e. The van der Waals surface area contributed by atoms with Crippen LogP contribution in [0.15, 0.2) is 66.7 Å². The number of benzene rings is 3. The first-order chi connectivity index (χ1) is 18.2. The van der Waals surface area contributed by atoms with E-state index in [2.05, 4.69) is 16.7 Å². The van der Waals surface area contributed by atoms with Crippen LogP contribution in [-0.4, -0.2) is 40.6 Å². The SMILES string of the molecule is N#Cc1cccc(C2(N)CC2c2ccc(F)c(NC(=O)[C@@H]3C[C@H](O)CN3C(=O)Nc3ccc(Cl)cc3)c2)c1. The maximum atomic E-state index is 14.7. The van der Waals surface area contributed by atoms with Crippen LogP contribution in [0.3, 0.4) is 0 Å². The number of amides is 3. The second kappa shape index (κ2) is 10.1. The third-order valence-electron chi connectivity index (χ3n) is 7.12. The molecule has 5 N–H and O–H groups in total. The van der Waals surface area contributed by atoms with E-state index in [0.29, 0.717) is 22.7 Å². The van der Waals surface area contributed by atoms with Crippen LogP contribution in [0.4, 0.5) is 20.6 Å². The molecule has 3 aromatic rings. The molecule has 0 bridgehead atoms. The van der Waals surface area contributed by atoms with Crippen LogP contribution < -0.4 is 16.4 Å². The van der Waals surface area contributed by atoms with E-state index in [-0.39, 0.29) is 24.6 Å². The summed E-state index contributed by atoms with van der Waals surface area (Å²) in [6.45, 7) is -0.0421. The highest BCUT2D eigenvalue weighted by molar-refractivity contribution is 6.30. The van der Waals surface area contributed by atoms with Crippen molar-refractivity contribution in [2.75, 3.05) is 17.2 Å². The van der Waals surface area contributed by atoms with Gasteiger partial charge in [-0.2, -0.15) is 5.26 Å². The number of anilines is 2. The molecule has 1 aliphatic heterocycles. The summed E-state index contributed by atoms with van der Waals surface area (Å²) in [5.74, 6) is -1.37. The number of nitrogens with zero attached hydrogens (tertiary/aromatic N) is 2. The molecule has 2 fully saturated rings. The first kappa shape index (κ1) is 25.7. The minimum absolute atomic E-state index is 0.0188. The Morgan fingerprint density at radius 3 is 2.63 bits per heavy atom. The molecule has 0 radical (unpaired) electrons. The molecule has 1 saturated carbocycles. The summed E-state index contributed by atoms with van der Waals surface area (Å²) in [4.78, 5) is 27.2. The monoisotopic (exact) mass is 533 g/mol. The molecule has 4 atom stereocenters. The van der Waals surface area contributed by atoms with Gasteiger partial charge in [-0.15, -0.1) is 0 Å². The predicted molar refractivity (Wildman–Crippen MR) is 141 cm³/mol. The molecule has 10 heteroatoms. The molecule has 5 rings (SSSR count). The van der Waals surface area contributed by atoms with E-state index < -0.39 is 35.4 Å². The lowest BCUT2D eigenvalue weighted by Gasteiger charge is -2.24. The number of likely N-dealkylation sites (tertiary alicyclic amines) is 1. The van der Waals surface area contributed by atoms with E-state index in [9.17, 15) is 24.3 Å². The van der Waals surface area contributed by atoms with Gasteiger partial charge in [-0.25, -0.2) is 9.18 Å². The quantitative estimate of drug-likeness (QED) is 0.388. The van der Waals surface area contributed by atoms with Crippen molar-refractivity contribution < 1.29 is 19.1 Å². The number of carbonyl (C=O) groups is 2. The highest BCUT2D eigenvalue weighted by Crippen LogP contribution is 2.56. The van der Waals surface area contributed by atoms with Crippen LogP contribution in [0.1, 0.15) is 35.4 Å². The minimum Gasteiger partial charge on any atom is -0.391 e. The Kier molecular flexibility index (Phi) is 6.80. The van der Waals surface area contributed by atoms with Crippen LogP contribution in [0, 0.1) is 17.1 Å². The molecule has 0 spiro atoms. The van der Waals surface area contributed by atoms with E-state index in [4.69, 9.17) is 17.3 Å². The van der Waals surface area contributed by atoms with E-state index in [1.165, 1.54) is 11.0 Å². The molecule has 2 unspecified atom stereocenters. The number of aliphatic hydroxyl groups excluding tert-OH is 1. The number of halogens is 2. The maximum Gasteiger partial charge on any atom is 0.322 e. The Balaban J connectivity index is 1.30. The molecule has 1 aliphatic carbocycles. The summed E-state index contributed by atoms with van der Waals surface area (Å²) in [5.41, 5.74) is 8.44. The van der Waals surface area contributed by atoms with Crippen molar-refractivity contribution in [2.24, 2.45) is 5.73 Å². The van der Waals surface area contributed by atoms with Gasteiger partial charge in [0.1, 0.15) is 11.9 Å². The number of rotatable bonds is 5. The lowest BCUT2D eigenvalue weighted by Crippen LogP contribution is -2.45. The fourth-order valence-electron chi connectivity index (χ4n) is 4.98. The van der Waals surface area contributed by atoms with Gasteiger partial charge in [-0.3, -0.25) is 4.79 Å². The number of nitrogens with one attached hydrogen (secondary N) is 2. The second-order valence-electron chi connectivity index (χ2n) is 9.71. The number of nitriles is 1. The van der Waals surface area contributed by atoms with Gasteiger partial charge < -0.3 is 26.4 Å². The van der Waals surface area contributed by atoms with Gasteiger partial charge in [-0.05, 0) is 66.1 Å². The Morgan fingerprint density at radius 2 is 1.89 bits per heavy atom. The zero-order valence-corrected chi connectivity index (χ0v) is 21.0. The van der Waals surface area contributed by atoms with Crippen molar-refractivity contribution in [3.63, 3.8) is 0 Å². The first-order valence-corrected chi connectivity index (χ1v) is 12.5. The molecule has 0 aromatic heterocycles. The highest BCUT2D eigenvalue weighted by atomic mass is 35.5. The van der Waals surface area contributed by atoms with Gasteiger partial charge in [0.15, 0.2) is 0 Å². The van der Waals surface area contributed by atoms with Crippen molar-refractivity contribution in [3.8, 4) is 6.07 Å². The molecule has 8 nitrogen and oxygen atoms in total. The summed E-state index contributed by atoms with van der Waals surface area (Å²) < 4.78 is 14.7. The van der Waals surface area contributed by atoms with Crippen LogP contribution in [0.25, 0.3) is 0 Å². The maximum absolute atomic E-state index is 14.7. The van der Waals surface area contributed by atoms with Crippen molar-refractivity contribution in [1.82, 2.24) is 4.90 Å². The van der Waals surface area contributed by atoms with E-state index >= 15 is 0 Å². The van der Waals surface area contributed by atoms with Crippen molar-refractivity contribution >= 4 is 34.9 Å². The average Bonchev–Trinajstić information content (AvgIpc) is 3.45. The van der Waals surface area contributed by atoms with Crippen LogP contribution in [0.2, 0.25) is 5.02 Å². The highest BCUT2D eigenvalue weighted by Gasteiger charge is 2.53. The fourth-order valence-corrected chi connectivity index (χ4v) is 5.10. The van der Waals surface area contributed by atoms with E-state index in [0.717, 1.165) is 11.1 Å². The van der Waals surface area contributed by atoms with Crippen molar-refractivity contribution in [1.29, 1.82) is 5.26 Å². The number of urea groups is 1. The number of aliphatic hydroxyl groups is 1. The number of β-amino-alcohol motifs (C(OH)–C–C–N with tert-alkyl or cyclic N) is 1. The molecular formula is C28H25ClFN5O3. The second-order valence-corrected chi connectivity index (χ2v) is 10.1. The molecule has 1 saturated heterocycles. The molecule has 3 amide bonds. The molecule has 2 aliphatic rings. The largest absolute Gasteiger partial charge is 0.391 e. The summed E-state index contributed by atoms with van der Waals surface area (Å²) in [6, 6.07) is 18.6.